The summed E-state index contributed by atoms with van der Waals surface area (Å²) in [6, 6.07) is 0. The van der Waals surface area contributed by atoms with Gasteiger partial charge in [-0.1, -0.05) is 0 Å². The highest BCUT2D eigenvalue weighted by Gasteiger charge is 2.16. The molecule has 0 aromatic carbocycles. The number of carbonyl (C=O) groups excluding carboxylic acids is 1. The topological polar surface area (TPSA) is 40.5 Å². The molecule has 0 amide bonds. The molecule has 0 bridgehead atoms. The molecule has 0 radical (unpaired) electrons. The van der Waals surface area contributed by atoms with Crippen molar-refractivity contribution in [2.24, 2.45) is 0 Å². The van der Waals surface area contributed by atoms with Crippen molar-refractivity contribution in [3.63, 3.8) is 0 Å². The molecule has 1 unspecified atom stereocenters. The summed E-state index contributed by atoms with van der Waals surface area (Å²) in [7, 11) is 1.81. The van der Waals surface area contributed by atoms with E-state index in [2.05, 4.69) is 0 Å². The molecule has 1 heterocycles. The van der Waals surface area contributed by atoms with Gasteiger partial charge in [-0.25, -0.2) is 0 Å². The fourth-order valence-electron chi connectivity index (χ4n) is 0.735. The van der Waals surface area contributed by atoms with Gasteiger partial charge in [0.05, 0.1) is 6.54 Å². The number of aliphatic hydroxyl groups is 1. The molecular weight excluding hydrogens is 118 g/mol. The Morgan fingerprint density at radius 2 is 2.56 bits per heavy atom. The van der Waals surface area contributed by atoms with E-state index in [0.717, 1.165) is 0 Å². The van der Waals surface area contributed by atoms with Gasteiger partial charge >= 0.3 is 0 Å². The molecule has 1 N–H and O–H groups in total. The van der Waals surface area contributed by atoms with Gasteiger partial charge in [-0.15, -0.1) is 0 Å². The van der Waals surface area contributed by atoms with Crippen molar-refractivity contribution in [3.8, 4) is 0 Å². The number of aliphatic hydroxyl groups excluding tert-OH is 1. The Kier molecular flexibility index (Phi) is 1.53. The normalized spacial score (nSPS) is 27.1. The van der Waals surface area contributed by atoms with Crippen LogP contribution in [0.15, 0.2) is 12.3 Å². The zero-order chi connectivity index (χ0) is 6.85. The molecule has 9 heavy (non-hydrogen) atoms. The van der Waals surface area contributed by atoms with Crippen molar-refractivity contribution in [1.29, 1.82) is 0 Å². The molecule has 1 aliphatic rings. The van der Waals surface area contributed by atoms with Crippen LogP contribution in [0.25, 0.3) is 0 Å². The number of ketones is 1. The van der Waals surface area contributed by atoms with Crippen molar-refractivity contribution < 1.29 is 9.90 Å². The van der Waals surface area contributed by atoms with Crippen LogP contribution in [0.3, 0.4) is 0 Å². The van der Waals surface area contributed by atoms with E-state index < -0.39 is 6.10 Å². The van der Waals surface area contributed by atoms with Gasteiger partial charge in [0, 0.05) is 13.2 Å². The lowest BCUT2D eigenvalue weighted by molar-refractivity contribution is -0.123. The third-order valence-corrected chi connectivity index (χ3v) is 1.28. The number of likely N-dealkylation sites (N-methyl/N-ethyl adjacent to an activating group) is 1. The monoisotopic (exact) mass is 127 g/mol. The third-order valence-electron chi connectivity index (χ3n) is 1.28. The lowest BCUT2D eigenvalue weighted by Crippen LogP contribution is -2.34. The Labute approximate surface area is 53.6 Å². The van der Waals surface area contributed by atoms with Crippen molar-refractivity contribution in [3.05, 3.63) is 12.3 Å². The van der Waals surface area contributed by atoms with E-state index in [1.807, 2.05) is 7.05 Å². The molecule has 0 fully saturated rings. The van der Waals surface area contributed by atoms with Gasteiger partial charge in [0.2, 0.25) is 0 Å². The van der Waals surface area contributed by atoms with Crippen LogP contribution in [0.2, 0.25) is 0 Å². The van der Waals surface area contributed by atoms with E-state index in [0.29, 0.717) is 6.54 Å². The van der Waals surface area contributed by atoms with E-state index >= 15 is 0 Å². The van der Waals surface area contributed by atoms with Crippen LogP contribution < -0.4 is 0 Å². The molecule has 0 aliphatic carbocycles. The predicted molar refractivity (Wildman–Crippen MR) is 32.8 cm³/mol. The van der Waals surface area contributed by atoms with Crippen LogP contribution in [0.5, 0.6) is 0 Å². The molecule has 3 heteroatoms. The molecule has 0 saturated carbocycles. The maximum absolute atomic E-state index is 10.6. The summed E-state index contributed by atoms with van der Waals surface area (Å²) in [4.78, 5) is 12.3. The Morgan fingerprint density at radius 1 is 1.89 bits per heavy atom. The summed E-state index contributed by atoms with van der Waals surface area (Å²) < 4.78 is 0. The first-order valence-electron chi connectivity index (χ1n) is 2.80. The zero-order valence-electron chi connectivity index (χ0n) is 5.24. The van der Waals surface area contributed by atoms with Gasteiger partial charge in [-0.05, 0) is 6.08 Å². The van der Waals surface area contributed by atoms with Crippen molar-refractivity contribution in [2.75, 3.05) is 13.6 Å². The average Bonchev–Trinajstić information content (AvgIpc) is 1.80. The van der Waals surface area contributed by atoms with Gasteiger partial charge in [0.25, 0.3) is 0 Å². The molecule has 50 valence electrons. The van der Waals surface area contributed by atoms with Crippen LogP contribution in [0, 0.1) is 0 Å². The first-order chi connectivity index (χ1) is 4.20. The number of hydrogen-bond acceptors (Lipinski definition) is 3. The molecule has 3 nitrogen and oxygen atoms in total. The van der Waals surface area contributed by atoms with Crippen LogP contribution in [-0.2, 0) is 4.79 Å². The molecule has 0 spiro atoms. The fourth-order valence-corrected chi connectivity index (χ4v) is 0.735. The standard InChI is InChI=1S/C6H9NO2/c1-7-3-2-5(8)6(9)4-7/h2-3,6,9H,4H2,1H3. The van der Waals surface area contributed by atoms with Crippen LogP contribution in [-0.4, -0.2) is 35.5 Å². The molecular formula is C6H9NO2. The molecule has 1 atom stereocenters. The van der Waals surface area contributed by atoms with Crippen molar-refractivity contribution in [1.82, 2.24) is 4.90 Å². The lowest BCUT2D eigenvalue weighted by Gasteiger charge is -2.20. The Bertz CT molecular complexity index is 153. The maximum Gasteiger partial charge on any atom is 0.187 e. The minimum Gasteiger partial charge on any atom is -0.383 e. The zero-order valence-corrected chi connectivity index (χ0v) is 5.24. The largest absolute Gasteiger partial charge is 0.383 e. The van der Waals surface area contributed by atoms with E-state index in [9.17, 15) is 4.79 Å². The third kappa shape index (κ3) is 1.29. The van der Waals surface area contributed by atoms with Gasteiger partial charge in [-0.2, -0.15) is 0 Å². The maximum atomic E-state index is 10.6. The number of rotatable bonds is 0. The quantitative estimate of drug-likeness (QED) is 0.471. The summed E-state index contributed by atoms with van der Waals surface area (Å²) in [5.74, 6) is -0.201. The number of β-amino-alcohol motifs (C(OH)–C–C–N with tert-alkyl or cyclic N) is 1. The summed E-state index contributed by atoms with van der Waals surface area (Å²) in [6.45, 7) is 0.412. The van der Waals surface area contributed by atoms with Gasteiger partial charge < -0.3 is 10.0 Å². The number of nitrogens with zero attached hydrogens (tertiary/aromatic N) is 1. The van der Waals surface area contributed by atoms with E-state index in [4.69, 9.17) is 5.11 Å². The average molecular weight is 127 g/mol. The SMILES string of the molecule is CN1C=CC(=O)C(O)C1. The van der Waals surface area contributed by atoms with Gasteiger partial charge in [-0.3, -0.25) is 4.79 Å². The van der Waals surface area contributed by atoms with Gasteiger partial charge in [0.15, 0.2) is 5.78 Å². The Morgan fingerprint density at radius 3 is 3.00 bits per heavy atom. The first-order valence-corrected chi connectivity index (χ1v) is 2.80. The number of carbonyl (C=O) groups is 1. The summed E-state index contributed by atoms with van der Waals surface area (Å²) >= 11 is 0. The summed E-state index contributed by atoms with van der Waals surface area (Å²) in [6.07, 6.45) is 2.23. The van der Waals surface area contributed by atoms with E-state index in [-0.39, 0.29) is 5.78 Å². The van der Waals surface area contributed by atoms with Crippen molar-refractivity contribution in [2.45, 2.75) is 6.10 Å². The van der Waals surface area contributed by atoms with Crippen LogP contribution in [0.4, 0.5) is 0 Å². The second kappa shape index (κ2) is 2.19. The molecule has 0 saturated heterocycles. The molecule has 1 aliphatic heterocycles. The molecule has 0 aromatic heterocycles. The summed E-state index contributed by atoms with van der Waals surface area (Å²) in [5, 5.41) is 8.91. The second-order valence-corrected chi connectivity index (χ2v) is 2.17. The minimum atomic E-state index is -0.819. The first kappa shape index (κ1) is 6.29. The summed E-state index contributed by atoms with van der Waals surface area (Å²) in [5.41, 5.74) is 0. The van der Waals surface area contributed by atoms with Crippen molar-refractivity contribution >= 4 is 5.78 Å². The highest BCUT2D eigenvalue weighted by molar-refractivity contribution is 5.94. The molecule has 1 rings (SSSR count). The van der Waals surface area contributed by atoms with Gasteiger partial charge in [0.1, 0.15) is 6.10 Å². The molecule has 0 aromatic rings. The smallest absolute Gasteiger partial charge is 0.187 e. The fraction of sp³-hybridized carbons (Fsp3) is 0.500. The highest BCUT2D eigenvalue weighted by Crippen LogP contribution is 1.99. The number of hydrogen-bond donors (Lipinski definition) is 1. The predicted octanol–water partition coefficient (Wildman–Crippen LogP) is -0.625. The Hall–Kier alpha value is -0.830. The van der Waals surface area contributed by atoms with E-state index in [1.165, 1.54) is 6.08 Å². The van der Waals surface area contributed by atoms with E-state index in [1.54, 1.807) is 11.1 Å². The highest BCUT2D eigenvalue weighted by atomic mass is 16.3. The van der Waals surface area contributed by atoms with Crippen LogP contribution in [0.1, 0.15) is 0 Å². The second-order valence-electron chi connectivity index (χ2n) is 2.17. The minimum absolute atomic E-state index is 0.201. The lowest BCUT2D eigenvalue weighted by atomic mass is 10.2. The Balaban J connectivity index is 2.65. The van der Waals surface area contributed by atoms with Crippen LogP contribution >= 0.6 is 0 Å².